The first kappa shape index (κ1) is 24.6. The van der Waals surface area contributed by atoms with Gasteiger partial charge in [-0.3, -0.25) is 14.6 Å². The van der Waals surface area contributed by atoms with Gasteiger partial charge in [-0.05, 0) is 75.7 Å². The molecule has 5 aliphatic rings. The lowest BCUT2D eigenvalue weighted by Crippen LogP contribution is -2.46. The van der Waals surface area contributed by atoms with Crippen molar-refractivity contribution in [3.63, 3.8) is 0 Å². The minimum Gasteiger partial charge on any atom is -0.508 e. The van der Waals surface area contributed by atoms with Crippen molar-refractivity contribution in [3.8, 4) is 0 Å². The number of aliphatic hydroxyl groups is 1. The van der Waals surface area contributed by atoms with Gasteiger partial charge in [0.25, 0.3) is 0 Å². The summed E-state index contributed by atoms with van der Waals surface area (Å²) >= 11 is 0. The Balaban J connectivity index is 1.14. The maximum Gasteiger partial charge on any atom is 0.309 e. The van der Waals surface area contributed by atoms with Crippen molar-refractivity contribution in [1.29, 1.82) is 0 Å². The van der Waals surface area contributed by atoms with E-state index in [1.54, 1.807) is 12.4 Å². The maximum atomic E-state index is 12.7. The predicted octanol–water partition coefficient (Wildman–Crippen LogP) is 4.73. The van der Waals surface area contributed by atoms with Gasteiger partial charge in [0.1, 0.15) is 17.7 Å². The molecule has 4 aliphatic carbocycles. The van der Waals surface area contributed by atoms with Gasteiger partial charge in [0.2, 0.25) is 5.91 Å². The molecule has 2 heterocycles. The van der Waals surface area contributed by atoms with E-state index in [1.807, 2.05) is 12.2 Å². The molecule has 9 nitrogen and oxygen atoms in total. The van der Waals surface area contributed by atoms with E-state index in [2.05, 4.69) is 20.2 Å². The van der Waals surface area contributed by atoms with Crippen molar-refractivity contribution in [2.45, 2.75) is 83.2 Å². The Kier molecular flexibility index (Phi) is 6.90. The number of carboxylic acid groups (broad SMARTS) is 1. The van der Waals surface area contributed by atoms with Crippen LogP contribution < -0.4 is 10.2 Å². The van der Waals surface area contributed by atoms with Crippen molar-refractivity contribution in [2.75, 3.05) is 23.3 Å². The summed E-state index contributed by atoms with van der Waals surface area (Å²) in [5.74, 6) is 1.26. The van der Waals surface area contributed by atoms with Gasteiger partial charge in [-0.15, -0.1) is 0 Å². The molecule has 3 N–H and O–H groups in total. The lowest BCUT2D eigenvalue weighted by atomic mass is 9.52. The van der Waals surface area contributed by atoms with Crippen molar-refractivity contribution >= 4 is 23.5 Å². The number of fused-ring (bicyclic) bond motifs is 3. The maximum absolute atomic E-state index is 12.7. The number of carbonyl (C=O) groups excluding carboxylic acids is 1. The number of ether oxygens (including phenoxy) is 1. The Labute approximate surface area is 211 Å². The fourth-order valence-electron chi connectivity index (χ4n) is 6.27. The van der Waals surface area contributed by atoms with Crippen LogP contribution >= 0.6 is 0 Å². The van der Waals surface area contributed by atoms with Crippen LogP contribution in [-0.2, 0) is 14.3 Å². The Hall–Kier alpha value is -3.10. The number of piperidine rings is 1. The van der Waals surface area contributed by atoms with Gasteiger partial charge in [0.05, 0.1) is 24.4 Å². The number of nitrogens with one attached hydrogen (secondary N) is 1. The molecule has 1 atom stereocenters. The molecular formula is C27H36N4O5. The van der Waals surface area contributed by atoms with Crippen molar-refractivity contribution in [2.24, 2.45) is 10.8 Å². The highest BCUT2D eigenvalue weighted by Crippen LogP contribution is 2.58. The standard InChI is InChI=1S/C27H36N4O5/c32-20-5-1-2-6-21(20)36-19-4-3-15-31(18-19)23-17-28-16-22(29-23)30-24(33)7-8-26-9-12-27(13-10-26,14-11-26)25(34)35/h2,6,16-17,19,32H,1,3-5,7-15,18H2,(H,34,35)(H,29,30,33). The zero-order valence-corrected chi connectivity index (χ0v) is 20.7. The topological polar surface area (TPSA) is 125 Å². The van der Waals surface area contributed by atoms with Crippen LogP contribution in [0.5, 0.6) is 0 Å². The molecule has 6 rings (SSSR count). The van der Waals surface area contributed by atoms with Gasteiger partial charge < -0.3 is 25.2 Å². The normalized spacial score (nSPS) is 29.8. The van der Waals surface area contributed by atoms with Gasteiger partial charge >= 0.3 is 5.97 Å². The molecule has 0 radical (unpaired) electrons. The number of aromatic nitrogens is 2. The van der Waals surface area contributed by atoms with Gasteiger partial charge in [0.15, 0.2) is 11.6 Å². The SMILES string of the molecule is O=C(CCC12CCC(C(=O)O)(CC1)CC2)Nc1cncc(N2CCCC(OC3=C(O)CCC=C3)C2)n1. The average Bonchev–Trinajstić information content (AvgIpc) is 2.90. The summed E-state index contributed by atoms with van der Waals surface area (Å²) < 4.78 is 6.07. The van der Waals surface area contributed by atoms with E-state index in [0.29, 0.717) is 42.5 Å². The zero-order valence-electron chi connectivity index (χ0n) is 20.7. The van der Waals surface area contributed by atoms with E-state index in [0.717, 1.165) is 70.8 Å². The number of nitrogens with zero attached hydrogens (tertiary/aromatic N) is 3. The highest BCUT2D eigenvalue weighted by Gasteiger charge is 2.52. The number of allylic oxidation sites excluding steroid dienone is 3. The second kappa shape index (κ2) is 10.1. The van der Waals surface area contributed by atoms with Crippen molar-refractivity contribution in [3.05, 3.63) is 36.1 Å². The summed E-state index contributed by atoms with van der Waals surface area (Å²) in [4.78, 5) is 35.5. The Morgan fingerprint density at radius 1 is 1.17 bits per heavy atom. The Morgan fingerprint density at radius 2 is 1.94 bits per heavy atom. The molecule has 4 fully saturated rings. The van der Waals surface area contributed by atoms with Crippen LogP contribution in [0.1, 0.15) is 77.0 Å². The highest BCUT2D eigenvalue weighted by molar-refractivity contribution is 5.89. The number of carbonyl (C=O) groups is 2. The fraction of sp³-hybridized carbons (Fsp3) is 0.630. The molecule has 1 aliphatic heterocycles. The van der Waals surface area contributed by atoms with E-state index in [1.165, 1.54) is 0 Å². The lowest BCUT2D eigenvalue weighted by molar-refractivity contribution is -0.159. The highest BCUT2D eigenvalue weighted by atomic mass is 16.5. The van der Waals surface area contributed by atoms with Gasteiger partial charge in [-0.1, -0.05) is 6.08 Å². The van der Waals surface area contributed by atoms with E-state index in [4.69, 9.17) is 4.74 Å². The number of carboxylic acids is 1. The summed E-state index contributed by atoms with van der Waals surface area (Å²) in [5.41, 5.74) is -0.425. The van der Waals surface area contributed by atoms with Crippen LogP contribution in [0.2, 0.25) is 0 Å². The molecule has 1 aromatic heterocycles. The molecule has 9 heteroatoms. The molecule has 3 saturated carbocycles. The van der Waals surface area contributed by atoms with Crippen LogP contribution in [0.3, 0.4) is 0 Å². The number of hydrogen-bond donors (Lipinski definition) is 3. The molecule has 1 saturated heterocycles. The number of rotatable bonds is 8. The van der Waals surface area contributed by atoms with E-state index >= 15 is 0 Å². The fourth-order valence-corrected chi connectivity index (χ4v) is 6.27. The second-order valence-electron chi connectivity index (χ2n) is 11.0. The first-order chi connectivity index (χ1) is 17.4. The zero-order chi connectivity index (χ0) is 25.2. The number of anilines is 2. The smallest absolute Gasteiger partial charge is 0.309 e. The van der Waals surface area contributed by atoms with Crippen molar-refractivity contribution in [1.82, 2.24) is 9.97 Å². The molecule has 1 amide bonds. The summed E-state index contributed by atoms with van der Waals surface area (Å²) in [6.45, 7) is 1.46. The number of amides is 1. The van der Waals surface area contributed by atoms with Crippen molar-refractivity contribution < 1.29 is 24.5 Å². The van der Waals surface area contributed by atoms with Crippen LogP contribution in [-0.4, -0.2) is 51.3 Å². The molecule has 2 bridgehead atoms. The lowest BCUT2D eigenvalue weighted by Gasteiger charge is -2.51. The third kappa shape index (κ3) is 5.20. The first-order valence-corrected chi connectivity index (χ1v) is 13.2. The molecule has 1 unspecified atom stereocenters. The van der Waals surface area contributed by atoms with Gasteiger partial charge in [-0.2, -0.15) is 0 Å². The Morgan fingerprint density at radius 3 is 2.67 bits per heavy atom. The van der Waals surface area contributed by atoms with E-state index < -0.39 is 11.4 Å². The first-order valence-electron chi connectivity index (χ1n) is 13.2. The third-order valence-corrected chi connectivity index (χ3v) is 8.72. The molecule has 0 aromatic carbocycles. The summed E-state index contributed by atoms with van der Waals surface area (Å²) in [7, 11) is 0. The number of aliphatic hydroxyl groups excluding tert-OH is 1. The monoisotopic (exact) mass is 496 g/mol. The minimum atomic E-state index is -0.653. The number of aliphatic carboxylic acids is 1. The summed E-state index contributed by atoms with van der Waals surface area (Å²) in [5, 5.41) is 22.6. The van der Waals surface area contributed by atoms with Gasteiger partial charge in [-0.25, -0.2) is 4.98 Å². The molecule has 0 spiro atoms. The molecule has 194 valence electrons. The quantitative estimate of drug-likeness (QED) is 0.472. The minimum absolute atomic E-state index is 0.0520. The molecule has 1 aromatic rings. The molecular weight excluding hydrogens is 460 g/mol. The number of hydrogen-bond acceptors (Lipinski definition) is 7. The third-order valence-electron chi connectivity index (χ3n) is 8.72. The largest absolute Gasteiger partial charge is 0.508 e. The van der Waals surface area contributed by atoms with E-state index in [-0.39, 0.29) is 17.4 Å². The van der Waals surface area contributed by atoms with Crippen LogP contribution in [0.4, 0.5) is 11.6 Å². The van der Waals surface area contributed by atoms with Crippen LogP contribution in [0, 0.1) is 10.8 Å². The summed E-state index contributed by atoms with van der Waals surface area (Å²) in [6.07, 6.45) is 16.4. The predicted molar refractivity (Wildman–Crippen MR) is 134 cm³/mol. The van der Waals surface area contributed by atoms with E-state index in [9.17, 15) is 19.8 Å². The van der Waals surface area contributed by atoms with Crippen LogP contribution in [0.25, 0.3) is 0 Å². The van der Waals surface area contributed by atoms with Gasteiger partial charge in [0, 0.05) is 19.4 Å². The average molecular weight is 497 g/mol. The summed E-state index contributed by atoms with van der Waals surface area (Å²) in [6, 6.07) is 0. The second-order valence-corrected chi connectivity index (χ2v) is 11.0. The Bertz CT molecular complexity index is 1040. The van der Waals surface area contributed by atoms with Crippen LogP contribution in [0.15, 0.2) is 36.1 Å². The molecule has 36 heavy (non-hydrogen) atoms.